The van der Waals surface area contributed by atoms with Crippen LogP contribution in [0.2, 0.25) is 0 Å². The Morgan fingerprint density at radius 3 is 2.38 bits per heavy atom. The Balaban J connectivity index is 4.16. The van der Waals surface area contributed by atoms with Gasteiger partial charge < -0.3 is 16.9 Å². The molecular weight excluding hydrogens is 228 g/mol. The van der Waals surface area contributed by atoms with Crippen molar-refractivity contribution >= 4 is 28.6 Å². The van der Waals surface area contributed by atoms with Crippen molar-refractivity contribution in [3.05, 3.63) is 0 Å². The summed E-state index contributed by atoms with van der Waals surface area (Å²) in [5.74, 6) is 4.75. The molecule has 0 fully saturated rings. The van der Waals surface area contributed by atoms with E-state index in [0.29, 0.717) is 0 Å². The summed E-state index contributed by atoms with van der Waals surface area (Å²) in [4.78, 5) is 22.7. The Bertz CT molecular complexity index is 291. The van der Waals surface area contributed by atoms with E-state index in [2.05, 4.69) is 10.4 Å². The van der Waals surface area contributed by atoms with Gasteiger partial charge in [-0.3, -0.25) is 9.59 Å². The van der Waals surface area contributed by atoms with E-state index < -0.39 is 6.04 Å². The number of amidine groups is 1. The van der Waals surface area contributed by atoms with Crippen molar-refractivity contribution < 1.29 is 9.59 Å². The highest BCUT2D eigenvalue weighted by atomic mass is 32.2. The number of amides is 1. The lowest BCUT2D eigenvalue weighted by molar-refractivity contribution is -0.126. The van der Waals surface area contributed by atoms with Crippen LogP contribution in [0, 0.1) is 5.92 Å². The van der Waals surface area contributed by atoms with Crippen molar-refractivity contribution in [2.45, 2.75) is 26.8 Å². The Hall–Kier alpha value is -1.24. The lowest BCUT2D eigenvalue weighted by Gasteiger charge is -2.19. The summed E-state index contributed by atoms with van der Waals surface area (Å²) in [7, 11) is 0. The van der Waals surface area contributed by atoms with Crippen LogP contribution in [0.15, 0.2) is 5.10 Å². The summed E-state index contributed by atoms with van der Waals surface area (Å²) >= 11 is 1.03. The second kappa shape index (κ2) is 7.10. The molecule has 5 N–H and O–H groups in total. The Labute approximate surface area is 99.2 Å². The lowest BCUT2D eigenvalue weighted by atomic mass is 10.0. The van der Waals surface area contributed by atoms with Crippen molar-refractivity contribution in [2.24, 2.45) is 22.6 Å². The number of hydrogen-bond donors (Lipinski definition) is 3. The molecule has 0 saturated carbocycles. The molecule has 1 unspecified atom stereocenters. The standard InChI is InChI=1S/C9H18N4O2S/c1-5(2)8(6(3)14)12-7(15)4-16-9(10)13-11/h5,8H,4,11H2,1-3H3,(H2,10,13)(H,12,15). The number of hydrazone groups is 1. The molecule has 0 bridgehead atoms. The zero-order chi connectivity index (χ0) is 12.7. The Morgan fingerprint density at radius 2 is 2.00 bits per heavy atom. The Morgan fingerprint density at radius 1 is 1.44 bits per heavy atom. The number of carbonyl (C=O) groups excluding carboxylic acids is 2. The number of hydrogen-bond acceptors (Lipinski definition) is 5. The molecule has 0 aliphatic heterocycles. The fourth-order valence-electron chi connectivity index (χ4n) is 1.13. The maximum absolute atomic E-state index is 11.4. The normalized spacial score (nSPS) is 13.6. The second-order valence-electron chi connectivity index (χ2n) is 3.66. The van der Waals surface area contributed by atoms with Crippen molar-refractivity contribution in [1.82, 2.24) is 5.32 Å². The average molecular weight is 246 g/mol. The number of carbonyl (C=O) groups is 2. The van der Waals surface area contributed by atoms with E-state index in [9.17, 15) is 9.59 Å². The van der Waals surface area contributed by atoms with Gasteiger partial charge in [-0.1, -0.05) is 25.6 Å². The lowest BCUT2D eigenvalue weighted by Crippen LogP contribution is -2.44. The number of ketones is 1. The minimum Gasteiger partial charge on any atom is -0.377 e. The first-order valence-corrected chi connectivity index (χ1v) is 5.83. The molecule has 0 aromatic rings. The smallest absolute Gasteiger partial charge is 0.231 e. The molecule has 16 heavy (non-hydrogen) atoms. The van der Waals surface area contributed by atoms with Gasteiger partial charge in [0.1, 0.15) is 0 Å². The first-order chi connectivity index (χ1) is 7.38. The molecule has 0 aromatic carbocycles. The molecule has 0 saturated heterocycles. The molecule has 0 spiro atoms. The first kappa shape index (κ1) is 14.8. The number of nitrogens with zero attached hydrogens (tertiary/aromatic N) is 1. The summed E-state index contributed by atoms with van der Waals surface area (Å²) in [6.07, 6.45) is 0. The topological polar surface area (TPSA) is 111 Å². The monoisotopic (exact) mass is 246 g/mol. The van der Waals surface area contributed by atoms with Crippen LogP contribution in [0.1, 0.15) is 20.8 Å². The van der Waals surface area contributed by atoms with Gasteiger partial charge in [-0.25, -0.2) is 0 Å². The highest BCUT2D eigenvalue weighted by Gasteiger charge is 2.20. The van der Waals surface area contributed by atoms with Gasteiger partial charge in [0, 0.05) is 0 Å². The van der Waals surface area contributed by atoms with E-state index in [-0.39, 0.29) is 28.5 Å². The van der Waals surface area contributed by atoms with Gasteiger partial charge in [-0.2, -0.15) is 5.10 Å². The molecule has 0 heterocycles. The second-order valence-corrected chi connectivity index (χ2v) is 4.65. The minimum absolute atomic E-state index is 0.0613. The van der Waals surface area contributed by atoms with Crippen LogP contribution >= 0.6 is 11.8 Å². The third-order valence-corrected chi connectivity index (χ3v) is 2.71. The van der Waals surface area contributed by atoms with Gasteiger partial charge in [0.2, 0.25) is 5.91 Å². The predicted octanol–water partition coefficient (Wildman–Crippen LogP) is -0.362. The first-order valence-electron chi connectivity index (χ1n) is 4.84. The van der Waals surface area contributed by atoms with E-state index >= 15 is 0 Å². The van der Waals surface area contributed by atoms with Crippen LogP contribution in [0.4, 0.5) is 0 Å². The molecule has 6 nitrogen and oxygen atoms in total. The maximum atomic E-state index is 11.4. The fraction of sp³-hybridized carbons (Fsp3) is 0.667. The molecule has 0 aliphatic carbocycles. The van der Waals surface area contributed by atoms with E-state index in [4.69, 9.17) is 11.6 Å². The SMILES string of the molecule is CC(=O)C(NC(=O)CSC(N)=NN)C(C)C. The van der Waals surface area contributed by atoms with Gasteiger partial charge in [0.05, 0.1) is 11.8 Å². The third kappa shape index (κ3) is 5.59. The number of nitrogens with two attached hydrogens (primary N) is 2. The molecule has 92 valence electrons. The highest BCUT2D eigenvalue weighted by Crippen LogP contribution is 2.04. The summed E-state index contributed by atoms with van der Waals surface area (Å²) in [5.41, 5.74) is 5.31. The highest BCUT2D eigenvalue weighted by molar-refractivity contribution is 8.14. The summed E-state index contributed by atoms with van der Waals surface area (Å²) in [6.45, 7) is 5.19. The van der Waals surface area contributed by atoms with Gasteiger partial charge in [-0.05, 0) is 12.8 Å². The molecule has 0 rings (SSSR count). The van der Waals surface area contributed by atoms with E-state index in [0.717, 1.165) is 11.8 Å². The average Bonchev–Trinajstić information content (AvgIpc) is 2.21. The third-order valence-electron chi connectivity index (χ3n) is 1.90. The van der Waals surface area contributed by atoms with Gasteiger partial charge in [-0.15, -0.1) is 0 Å². The summed E-state index contributed by atoms with van der Waals surface area (Å²) < 4.78 is 0. The van der Waals surface area contributed by atoms with Crippen LogP contribution in [-0.4, -0.2) is 28.7 Å². The Kier molecular flexibility index (Phi) is 6.55. The van der Waals surface area contributed by atoms with Crippen LogP contribution < -0.4 is 16.9 Å². The molecule has 0 aromatic heterocycles. The number of Topliss-reactive ketones (excluding diaryl/α,β-unsaturated/α-hetero) is 1. The molecule has 7 heteroatoms. The van der Waals surface area contributed by atoms with Crippen LogP contribution in [-0.2, 0) is 9.59 Å². The molecule has 1 amide bonds. The van der Waals surface area contributed by atoms with E-state index in [1.807, 2.05) is 13.8 Å². The van der Waals surface area contributed by atoms with E-state index in [1.165, 1.54) is 6.92 Å². The summed E-state index contributed by atoms with van der Waals surface area (Å²) in [6, 6.07) is -0.455. The molecule has 0 aliphatic rings. The van der Waals surface area contributed by atoms with Crippen molar-refractivity contribution in [3.8, 4) is 0 Å². The van der Waals surface area contributed by atoms with Gasteiger partial charge >= 0.3 is 0 Å². The van der Waals surface area contributed by atoms with Gasteiger partial charge in [0.15, 0.2) is 11.0 Å². The van der Waals surface area contributed by atoms with Crippen molar-refractivity contribution in [1.29, 1.82) is 0 Å². The van der Waals surface area contributed by atoms with Crippen molar-refractivity contribution in [2.75, 3.05) is 5.75 Å². The van der Waals surface area contributed by atoms with E-state index in [1.54, 1.807) is 0 Å². The molecular formula is C9H18N4O2S. The minimum atomic E-state index is -0.455. The number of nitrogens with one attached hydrogen (secondary N) is 1. The predicted molar refractivity (Wildman–Crippen MR) is 65.7 cm³/mol. The quantitative estimate of drug-likeness (QED) is 0.265. The van der Waals surface area contributed by atoms with Crippen LogP contribution in [0.5, 0.6) is 0 Å². The fourth-order valence-corrected chi connectivity index (χ4v) is 1.57. The summed E-state index contributed by atoms with van der Waals surface area (Å²) in [5, 5.41) is 5.99. The molecule has 1 atom stereocenters. The number of rotatable bonds is 5. The largest absolute Gasteiger partial charge is 0.377 e. The van der Waals surface area contributed by atoms with Crippen molar-refractivity contribution in [3.63, 3.8) is 0 Å². The van der Waals surface area contributed by atoms with Crippen LogP contribution in [0.3, 0.4) is 0 Å². The van der Waals surface area contributed by atoms with Gasteiger partial charge in [0.25, 0.3) is 0 Å². The maximum Gasteiger partial charge on any atom is 0.231 e. The van der Waals surface area contributed by atoms with Crippen LogP contribution in [0.25, 0.3) is 0 Å². The zero-order valence-corrected chi connectivity index (χ0v) is 10.5. The zero-order valence-electron chi connectivity index (χ0n) is 9.69. The number of thioether (sulfide) groups is 1. The molecule has 0 radical (unpaired) electrons.